The number of benzene rings is 1. The van der Waals surface area contributed by atoms with Crippen LogP contribution in [0.5, 0.6) is 0 Å². The van der Waals surface area contributed by atoms with Crippen molar-refractivity contribution in [3.8, 4) is 0 Å². The summed E-state index contributed by atoms with van der Waals surface area (Å²) in [6.45, 7) is 3.15. The number of hydrogen-bond acceptors (Lipinski definition) is 5. The summed E-state index contributed by atoms with van der Waals surface area (Å²) >= 11 is 0. The molecule has 0 saturated carbocycles. The van der Waals surface area contributed by atoms with Gasteiger partial charge in [0.25, 0.3) is 5.91 Å². The fraction of sp³-hybridized carbons (Fsp3) is 0.458. The molecule has 7 heteroatoms. The van der Waals surface area contributed by atoms with Gasteiger partial charge in [0, 0.05) is 55.9 Å². The standard InChI is InChI=1S/C24H31N5O2/c30-23(27-17-18-4-3-12-25-16-18)19-6-8-21(9-7-19)29-14-10-20(11-15-29)28-22-5-1-2-13-26-24(22)31/h3-4,6-9,12,16,20,22,28H,1-2,5,10-11,13-15,17H2,(H,26,31)(H,27,30)/t22-/m0/s1. The lowest BCUT2D eigenvalue weighted by Gasteiger charge is -2.35. The first-order valence-electron chi connectivity index (χ1n) is 11.2. The molecule has 7 nitrogen and oxygen atoms in total. The molecule has 2 saturated heterocycles. The minimum Gasteiger partial charge on any atom is -0.371 e. The van der Waals surface area contributed by atoms with E-state index in [2.05, 4.69) is 25.8 Å². The van der Waals surface area contributed by atoms with Crippen LogP contribution in [0.1, 0.15) is 48.0 Å². The zero-order valence-corrected chi connectivity index (χ0v) is 17.8. The largest absolute Gasteiger partial charge is 0.371 e. The normalized spacial score (nSPS) is 20.1. The van der Waals surface area contributed by atoms with Gasteiger partial charge in [-0.1, -0.05) is 6.07 Å². The average molecular weight is 422 g/mol. The number of aromatic nitrogens is 1. The van der Waals surface area contributed by atoms with Crippen LogP contribution in [0.25, 0.3) is 0 Å². The van der Waals surface area contributed by atoms with Crippen molar-refractivity contribution in [2.24, 2.45) is 0 Å². The zero-order valence-electron chi connectivity index (χ0n) is 17.8. The van der Waals surface area contributed by atoms with Gasteiger partial charge in [-0.25, -0.2) is 0 Å². The van der Waals surface area contributed by atoms with Crippen LogP contribution in [0, 0.1) is 0 Å². The molecule has 31 heavy (non-hydrogen) atoms. The number of rotatable bonds is 6. The maximum Gasteiger partial charge on any atom is 0.251 e. The van der Waals surface area contributed by atoms with Gasteiger partial charge in [0.1, 0.15) is 0 Å². The molecule has 1 atom stereocenters. The SMILES string of the molecule is O=C(NCc1cccnc1)c1ccc(N2CCC(N[C@H]3CCCCNC3=O)CC2)cc1. The number of hydrogen-bond donors (Lipinski definition) is 3. The second-order valence-corrected chi connectivity index (χ2v) is 8.36. The summed E-state index contributed by atoms with van der Waals surface area (Å²) in [5.74, 6) is 0.0670. The Morgan fingerprint density at radius 3 is 2.65 bits per heavy atom. The third kappa shape index (κ3) is 5.82. The minimum absolute atomic E-state index is 0.0523. The molecule has 2 aliphatic heterocycles. The predicted octanol–water partition coefficient (Wildman–Crippen LogP) is 2.24. The van der Waals surface area contributed by atoms with Crippen LogP contribution < -0.4 is 20.9 Å². The number of pyridine rings is 1. The lowest BCUT2D eigenvalue weighted by Crippen LogP contribution is -2.51. The molecule has 4 rings (SSSR count). The Bertz CT molecular complexity index is 863. The summed E-state index contributed by atoms with van der Waals surface area (Å²) < 4.78 is 0. The Hall–Kier alpha value is -2.93. The van der Waals surface area contributed by atoms with E-state index in [9.17, 15) is 9.59 Å². The Morgan fingerprint density at radius 2 is 1.90 bits per heavy atom. The lowest BCUT2D eigenvalue weighted by atomic mass is 10.0. The highest BCUT2D eigenvalue weighted by Crippen LogP contribution is 2.21. The van der Waals surface area contributed by atoms with E-state index < -0.39 is 0 Å². The Kier molecular flexibility index (Phi) is 7.14. The van der Waals surface area contributed by atoms with Crippen LogP contribution in [0.4, 0.5) is 5.69 Å². The van der Waals surface area contributed by atoms with Crippen molar-refractivity contribution in [2.75, 3.05) is 24.5 Å². The van der Waals surface area contributed by atoms with E-state index >= 15 is 0 Å². The van der Waals surface area contributed by atoms with Gasteiger partial charge in [-0.05, 0) is 68.0 Å². The molecular formula is C24H31N5O2. The highest BCUT2D eigenvalue weighted by atomic mass is 16.2. The fourth-order valence-corrected chi connectivity index (χ4v) is 4.30. The van der Waals surface area contributed by atoms with Gasteiger partial charge in [0.05, 0.1) is 6.04 Å². The van der Waals surface area contributed by atoms with Gasteiger partial charge in [-0.15, -0.1) is 0 Å². The monoisotopic (exact) mass is 421 g/mol. The summed E-state index contributed by atoms with van der Waals surface area (Å²) in [6.07, 6.45) is 8.59. The van der Waals surface area contributed by atoms with Crippen LogP contribution in [0.2, 0.25) is 0 Å². The van der Waals surface area contributed by atoms with Gasteiger partial charge in [0.2, 0.25) is 5.91 Å². The van der Waals surface area contributed by atoms with Crippen molar-refractivity contribution in [3.05, 3.63) is 59.9 Å². The van der Waals surface area contributed by atoms with E-state index in [4.69, 9.17) is 0 Å². The molecule has 2 fully saturated rings. The maximum absolute atomic E-state index is 12.4. The maximum atomic E-state index is 12.4. The van der Waals surface area contributed by atoms with Gasteiger partial charge in [0.15, 0.2) is 0 Å². The summed E-state index contributed by atoms with van der Waals surface area (Å²) in [5, 5.41) is 9.51. The van der Waals surface area contributed by atoms with Crippen molar-refractivity contribution >= 4 is 17.5 Å². The molecule has 0 aliphatic carbocycles. The molecule has 1 aromatic heterocycles. The molecule has 0 radical (unpaired) electrons. The van der Waals surface area contributed by atoms with Crippen molar-refractivity contribution in [3.63, 3.8) is 0 Å². The molecule has 0 bridgehead atoms. The van der Waals surface area contributed by atoms with Crippen molar-refractivity contribution in [2.45, 2.75) is 50.7 Å². The molecule has 2 aliphatic rings. The second-order valence-electron chi connectivity index (χ2n) is 8.36. The van der Waals surface area contributed by atoms with Crippen molar-refractivity contribution < 1.29 is 9.59 Å². The first-order chi connectivity index (χ1) is 15.2. The molecule has 0 spiro atoms. The molecule has 0 unspecified atom stereocenters. The lowest BCUT2D eigenvalue weighted by molar-refractivity contribution is -0.123. The Labute approximate surface area is 183 Å². The third-order valence-corrected chi connectivity index (χ3v) is 6.14. The first kappa shape index (κ1) is 21.3. The Morgan fingerprint density at radius 1 is 1.10 bits per heavy atom. The molecule has 2 amide bonds. The van der Waals surface area contributed by atoms with E-state index in [0.717, 1.165) is 63.0 Å². The highest BCUT2D eigenvalue weighted by molar-refractivity contribution is 5.94. The van der Waals surface area contributed by atoms with Crippen LogP contribution in [0.15, 0.2) is 48.8 Å². The van der Waals surface area contributed by atoms with E-state index in [1.807, 2.05) is 36.4 Å². The number of nitrogens with zero attached hydrogens (tertiary/aromatic N) is 2. The van der Waals surface area contributed by atoms with E-state index in [0.29, 0.717) is 18.2 Å². The summed E-state index contributed by atoms with van der Waals surface area (Å²) in [4.78, 5) is 31.0. The average Bonchev–Trinajstić information content (AvgIpc) is 3.03. The number of amides is 2. The molecule has 3 heterocycles. The van der Waals surface area contributed by atoms with E-state index in [-0.39, 0.29) is 17.9 Å². The van der Waals surface area contributed by atoms with E-state index in [1.165, 1.54) is 0 Å². The highest BCUT2D eigenvalue weighted by Gasteiger charge is 2.26. The number of carbonyl (C=O) groups excluding carboxylic acids is 2. The number of carbonyl (C=O) groups is 2. The molecule has 164 valence electrons. The summed E-state index contributed by atoms with van der Waals surface area (Å²) in [5.41, 5.74) is 2.77. The van der Waals surface area contributed by atoms with E-state index in [1.54, 1.807) is 12.4 Å². The molecular weight excluding hydrogens is 390 g/mol. The topological polar surface area (TPSA) is 86.4 Å². The third-order valence-electron chi connectivity index (χ3n) is 6.14. The smallest absolute Gasteiger partial charge is 0.251 e. The minimum atomic E-state index is -0.0833. The van der Waals surface area contributed by atoms with Crippen molar-refractivity contribution in [1.29, 1.82) is 0 Å². The van der Waals surface area contributed by atoms with Gasteiger partial charge in [-0.2, -0.15) is 0 Å². The molecule has 3 N–H and O–H groups in total. The number of piperidine rings is 1. The summed E-state index contributed by atoms with van der Waals surface area (Å²) in [7, 11) is 0. The molecule has 2 aromatic rings. The first-order valence-corrected chi connectivity index (χ1v) is 11.2. The second kappa shape index (κ2) is 10.4. The van der Waals surface area contributed by atoms with Crippen LogP contribution in [0.3, 0.4) is 0 Å². The van der Waals surface area contributed by atoms with Gasteiger partial charge in [-0.3, -0.25) is 14.6 Å². The fourth-order valence-electron chi connectivity index (χ4n) is 4.30. The van der Waals surface area contributed by atoms with Crippen molar-refractivity contribution in [1.82, 2.24) is 20.9 Å². The van der Waals surface area contributed by atoms with Crippen LogP contribution >= 0.6 is 0 Å². The van der Waals surface area contributed by atoms with Crippen LogP contribution in [-0.2, 0) is 11.3 Å². The number of nitrogens with one attached hydrogen (secondary N) is 3. The Balaban J connectivity index is 1.25. The molecule has 1 aromatic carbocycles. The predicted molar refractivity (Wildman–Crippen MR) is 121 cm³/mol. The quantitative estimate of drug-likeness (QED) is 0.666. The van der Waals surface area contributed by atoms with Crippen LogP contribution in [-0.4, -0.2) is 48.5 Å². The summed E-state index contributed by atoms with van der Waals surface area (Å²) in [6, 6.07) is 11.9. The zero-order chi connectivity index (χ0) is 21.5. The van der Waals surface area contributed by atoms with Gasteiger partial charge >= 0.3 is 0 Å². The van der Waals surface area contributed by atoms with Gasteiger partial charge < -0.3 is 20.9 Å². The number of anilines is 1.